The molecule has 0 aliphatic heterocycles. The largest absolute Gasteiger partial charge is 0.478 e. The van der Waals surface area contributed by atoms with Gasteiger partial charge >= 0.3 is 18.6 Å². The van der Waals surface area contributed by atoms with E-state index in [1.165, 1.54) is 6.07 Å². The number of carboxylic acid groups (broad SMARTS) is 2. The van der Waals surface area contributed by atoms with Crippen molar-refractivity contribution < 1.29 is 33.3 Å². The third-order valence-electron chi connectivity index (χ3n) is 3.10. The maximum Gasteiger partial charge on any atom is 0.387 e. The Hall–Kier alpha value is -3.14. The number of carbonyl (C=O) groups is 2. The van der Waals surface area contributed by atoms with Crippen LogP contribution in [-0.4, -0.2) is 33.7 Å². The summed E-state index contributed by atoms with van der Waals surface area (Å²) in [6.07, 6.45) is 0. The molecule has 0 spiro atoms. The molecular weight excluding hydrogens is 366 g/mol. The van der Waals surface area contributed by atoms with E-state index >= 15 is 0 Å². The first kappa shape index (κ1) is 18.2. The lowest BCUT2D eigenvalue weighted by molar-refractivity contribution is -0.0494. The van der Waals surface area contributed by atoms with E-state index in [0.29, 0.717) is 0 Å². The number of nitrogens with two attached hydrogens (primary N) is 1. The van der Waals surface area contributed by atoms with Crippen LogP contribution >= 0.6 is 11.6 Å². The summed E-state index contributed by atoms with van der Waals surface area (Å²) in [4.78, 5) is 36.8. The number of halogens is 3. The van der Waals surface area contributed by atoms with E-state index < -0.39 is 57.9 Å². The van der Waals surface area contributed by atoms with Gasteiger partial charge in [-0.05, 0) is 18.2 Å². The van der Waals surface area contributed by atoms with Crippen LogP contribution in [0.15, 0.2) is 23.0 Å². The molecule has 5 N–H and O–H groups in total. The number of rotatable bonds is 5. The Balaban J connectivity index is 3.00. The first-order valence-electron chi connectivity index (χ1n) is 6.40. The number of aromatic amines is 1. The monoisotopic (exact) mass is 374 g/mol. The lowest BCUT2D eigenvalue weighted by atomic mass is 9.94. The molecule has 8 nitrogen and oxygen atoms in total. The Kier molecular flexibility index (Phi) is 4.93. The van der Waals surface area contributed by atoms with Crippen LogP contribution in [0.25, 0.3) is 11.1 Å². The molecule has 25 heavy (non-hydrogen) atoms. The van der Waals surface area contributed by atoms with Crippen molar-refractivity contribution in [2.45, 2.75) is 6.61 Å². The number of aromatic carboxylic acids is 2. The third kappa shape index (κ3) is 3.53. The SMILES string of the molecule is Nc1[nH]c(=O)c(C(=O)O)c(-c2cc(Cl)ccc2OC(F)F)c1C(=O)O. The standard InChI is InChI=1S/C14H9ClF2N2O6/c15-4-1-2-6(25-14(16)17)5(3-4)7-8(12(21)22)10(18)19-11(20)9(7)13(23)24/h1-3,14H,(H,21,22)(H,23,24)(H3,18,19,20). The van der Waals surface area contributed by atoms with Crippen LogP contribution in [0.3, 0.4) is 0 Å². The fraction of sp³-hybridized carbons (Fsp3) is 0.0714. The lowest BCUT2D eigenvalue weighted by Gasteiger charge is -2.16. The molecule has 132 valence electrons. The minimum Gasteiger partial charge on any atom is -0.478 e. The summed E-state index contributed by atoms with van der Waals surface area (Å²) in [5.41, 5.74) is 1.33. The minimum absolute atomic E-state index is 0.0388. The van der Waals surface area contributed by atoms with Crippen molar-refractivity contribution in [2.24, 2.45) is 0 Å². The second-order valence-electron chi connectivity index (χ2n) is 4.62. The van der Waals surface area contributed by atoms with Crippen LogP contribution in [-0.2, 0) is 0 Å². The van der Waals surface area contributed by atoms with Crippen LogP contribution in [0.5, 0.6) is 5.75 Å². The lowest BCUT2D eigenvalue weighted by Crippen LogP contribution is -2.24. The molecule has 0 aliphatic rings. The Labute approximate surface area is 142 Å². The summed E-state index contributed by atoms with van der Waals surface area (Å²) in [7, 11) is 0. The molecule has 2 aromatic rings. The van der Waals surface area contributed by atoms with Gasteiger partial charge in [-0.3, -0.25) is 4.79 Å². The quantitative estimate of drug-likeness (QED) is 0.628. The molecule has 0 saturated heterocycles. The topological polar surface area (TPSA) is 143 Å². The van der Waals surface area contributed by atoms with Crippen molar-refractivity contribution in [3.8, 4) is 16.9 Å². The molecule has 0 bridgehead atoms. The maximum atomic E-state index is 12.6. The van der Waals surface area contributed by atoms with Gasteiger partial charge in [0, 0.05) is 16.1 Å². The molecule has 0 atom stereocenters. The van der Waals surface area contributed by atoms with Crippen LogP contribution in [0.2, 0.25) is 5.02 Å². The van der Waals surface area contributed by atoms with E-state index in [-0.39, 0.29) is 5.02 Å². The average molecular weight is 375 g/mol. The van der Waals surface area contributed by atoms with Crippen LogP contribution in [0.4, 0.5) is 14.6 Å². The minimum atomic E-state index is -3.29. The molecule has 1 aromatic heterocycles. The van der Waals surface area contributed by atoms with Crippen LogP contribution in [0.1, 0.15) is 20.7 Å². The molecule has 0 radical (unpaired) electrons. The van der Waals surface area contributed by atoms with Crippen LogP contribution < -0.4 is 16.0 Å². The second-order valence-corrected chi connectivity index (χ2v) is 5.06. The van der Waals surface area contributed by atoms with Gasteiger partial charge in [0.1, 0.15) is 22.7 Å². The number of H-pyrrole nitrogens is 1. The first-order valence-corrected chi connectivity index (χ1v) is 6.78. The van der Waals surface area contributed by atoms with Gasteiger partial charge in [0.15, 0.2) is 0 Å². The zero-order valence-corrected chi connectivity index (χ0v) is 12.8. The van der Waals surface area contributed by atoms with E-state index in [2.05, 4.69) is 4.74 Å². The van der Waals surface area contributed by atoms with Gasteiger partial charge in [-0.25, -0.2) is 9.59 Å². The summed E-state index contributed by atoms with van der Waals surface area (Å²) in [6, 6.07) is 3.14. The maximum absolute atomic E-state index is 12.6. The van der Waals surface area contributed by atoms with Crippen molar-refractivity contribution in [1.29, 1.82) is 0 Å². The third-order valence-corrected chi connectivity index (χ3v) is 3.33. The Bertz CT molecular complexity index is 928. The number of alkyl halides is 2. The van der Waals surface area contributed by atoms with Gasteiger partial charge in [0.2, 0.25) is 0 Å². The number of benzene rings is 1. The van der Waals surface area contributed by atoms with Gasteiger partial charge in [0.05, 0.1) is 0 Å². The number of ether oxygens (including phenoxy) is 1. The van der Waals surface area contributed by atoms with E-state index in [1.807, 2.05) is 4.98 Å². The molecule has 1 aromatic carbocycles. The molecule has 11 heteroatoms. The molecule has 0 aliphatic carbocycles. The smallest absolute Gasteiger partial charge is 0.387 e. The summed E-state index contributed by atoms with van der Waals surface area (Å²) in [5, 5.41) is 18.6. The fourth-order valence-corrected chi connectivity index (χ4v) is 2.38. The number of hydrogen-bond donors (Lipinski definition) is 4. The number of nitrogen functional groups attached to an aromatic ring is 1. The molecule has 0 unspecified atom stereocenters. The fourth-order valence-electron chi connectivity index (χ4n) is 2.21. The van der Waals surface area contributed by atoms with Crippen molar-refractivity contribution >= 4 is 29.4 Å². The first-order chi connectivity index (χ1) is 11.6. The highest BCUT2D eigenvalue weighted by molar-refractivity contribution is 6.31. The zero-order valence-electron chi connectivity index (χ0n) is 12.0. The molecule has 2 rings (SSSR count). The number of aromatic nitrogens is 1. The Morgan fingerprint density at radius 2 is 1.80 bits per heavy atom. The Morgan fingerprint density at radius 3 is 2.32 bits per heavy atom. The zero-order chi connectivity index (χ0) is 18.9. The van der Waals surface area contributed by atoms with E-state index in [0.717, 1.165) is 12.1 Å². The number of pyridine rings is 1. The summed E-state index contributed by atoms with van der Waals surface area (Å²) >= 11 is 5.79. The molecule has 0 amide bonds. The number of hydrogen-bond acceptors (Lipinski definition) is 5. The number of anilines is 1. The number of nitrogens with one attached hydrogen (secondary N) is 1. The van der Waals surface area contributed by atoms with Gasteiger partial charge in [0.25, 0.3) is 5.56 Å². The normalized spacial score (nSPS) is 10.7. The van der Waals surface area contributed by atoms with E-state index in [9.17, 15) is 33.4 Å². The van der Waals surface area contributed by atoms with Crippen molar-refractivity contribution in [3.05, 3.63) is 44.7 Å². The Morgan fingerprint density at radius 1 is 1.20 bits per heavy atom. The van der Waals surface area contributed by atoms with Crippen molar-refractivity contribution in [3.63, 3.8) is 0 Å². The van der Waals surface area contributed by atoms with Crippen LogP contribution in [0, 0.1) is 0 Å². The van der Waals surface area contributed by atoms with Gasteiger partial charge in [-0.1, -0.05) is 11.6 Å². The predicted octanol–water partition coefficient (Wildman–Crippen LogP) is 2.28. The summed E-state index contributed by atoms with van der Waals surface area (Å²) in [6.45, 7) is -3.29. The molecule has 0 fully saturated rings. The predicted molar refractivity (Wildman–Crippen MR) is 82.5 cm³/mol. The average Bonchev–Trinajstić information content (AvgIpc) is 2.46. The van der Waals surface area contributed by atoms with Gasteiger partial charge in [-0.15, -0.1) is 0 Å². The molecular formula is C14H9ClF2N2O6. The highest BCUT2D eigenvalue weighted by Gasteiger charge is 2.29. The number of carboxylic acids is 2. The van der Waals surface area contributed by atoms with Gasteiger partial charge in [-0.2, -0.15) is 8.78 Å². The summed E-state index contributed by atoms with van der Waals surface area (Å²) in [5.74, 6) is -4.70. The molecule has 0 saturated carbocycles. The van der Waals surface area contributed by atoms with Crippen molar-refractivity contribution in [1.82, 2.24) is 4.98 Å². The second kappa shape index (κ2) is 6.77. The summed E-state index contributed by atoms with van der Waals surface area (Å²) < 4.78 is 29.5. The highest BCUT2D eigenvalue weighted by atomic mass is 35.5. The highest BCUT2D eigenvalue weighted by Crippen LogP contribution is 2.38. The van der Waals surface area contributed by atoms with Gasteiger partial charge < -0.3 is 25.7 Å². The molecule has 1 heterocycles. The van der Waals surface area contributed by atoms with E-state index in [1.54, 1.807) is 0 Å². The van der Waals surface area contributed by atoms with E-state index in [4.69, 9.17) is 17.3 Å². The van der Waals surface area contributed by atoms with Crippen molar-refractivity contribution in [2.75, 3.05) is 5.73 Å².